The average molecular weight is 269 g/mol. The van der Waals surface area contributed by atoms with E-state index in [1.165, 1.54) is 22.3 Å². The summed E-state index contributed by atoms with van der Waals surface area (Å²) in [6.45, 7) is 6.93. The van der Waals surface area contributed by atoms with E-state index >= 15 is 0 Å². The summed E-state index contributed by atoms with van der Waals surface area (Å²) in [5, 5.41) is 3.27. The Hall–Kier alpha value is -1.80. The van der Waals surface area contributed by atoms with Crippen molar-refractivity contribution in [1.82, 2.24) is 5.32 Å². The standard InChI is InChI=1S/C18H23NO/c1-13-5-8-16(9-6-13)12-20-18-11-14(2)7-10-17(18)15(3)19-4/h5-11,15,19H,12H2,1-4H3. The Balaban J connectivity index is 2.15. The van der Waals surface area contributed by atoms with Crippen LogP contribution in [0.1, 0.15) is 35.2 Å². The van der Waals surface area contributed by atoms with Crippen molar-refractivity contribution in [3.63, 3.8) is 0 Å². The number of ether oxygens (including phenoxy) is 1. The largest absolute Gasteiger partial charge is 0.489 e. The Morgan fingerprint density at radius 3 is 2.30 bits per heavy atom. The van der Waals surface area contributed by atoms with Crippen molar-refractivity contribution in [2.75, 3.05) is 7.05 Å². The third kappa shape index (κ3) is 3.61. The van der Waals surface area contributed by atoms with Gasteiger partial charge in [0.2, 0.25) is 0 Å². The minimum absolute atomic E-state index is 0.281. The van der Waals surface area contributed by atoms with Gasteiger partial charge in [0.25, 0.3) is 0 Å². The van der Waals surface area contributed by atoms with E-state index in [1.54, 1.807) is 0 Å². The van der Waals surface area contributed by atoms with E-state index in [2.05, 4.69) is 68.6 Å². The van der Waals surface area contributed by atoms with E-state index in [-0.39, 0.29) is 6.04 Å². The van der Waals surface area contributed by atoms with Gasteiger partial charge in [-0.2, -0.15) is 0 Å². The van der Waals surface area contributed by atoms with Crippen molar-refractivity contribution < 1.29 is 4.74 Å². The molecule has 0 aromatic heterocycles. The second-order valence-electron chi connectivity index (χ2n) is 5.33. The first-order chi connectivity index (χ1) is 9.60. The van der Waals surface area contributed by atoms with E-state index in [0.29, 0.717) is 6.61 Å². The van der Waals surface area contributed by atoms with Crippen molar-refractivity contribution >= 4 is 0 Å². The number of hydrogen-bond acceptors (Lipinski definition) is 2. The number of rotatable bonds is 5. The summed E-state index contributed by atoms with van der Waals surface area (Å²) in [6.07, 6.45) is 0. The lowest BCUT2D eigenvalue weighted by atomic mass is 10.1. The van der Waals surface area contributed by atoms with Gasteiger partial charge in [-0.3, -0.25) is 0 Å². The maximum Gasteiger partial charge on any atom is 0.124 e. The first kappa shape index (κ1) is 14.6. The van der Waals surface area contributed by atoms with Gasteiger partial charge in [0, 0.05) is 11.6 Å². The third-order valence-electron chi connectivity index (χ3n) is 3.58. The number of hydrogen-bond donors (Lipinski definition) is 1. The molecule has 20 heavy (non-hydrogen) atoms. The quantitative estimate of drug-likeness (QED) is 0.880. The molecule has 2 rings (SSSR count). The first-order valence-electron chi connectivity index (χ1n) is 7.06. The zero-order valence-corrected chi connectivity index (χ0v) is 12.7. The zero-order valence-electron chi connectivity index (χ0n) is 12.7. The normalized spacial score (nSPS) is 12.2. The monoisotopic (exact) mass is 269 g/mol. The van der Waals surface area contributed by atoms with Crippen LogP contribution in [0.4, 0.5) is 0 Å². The molecule has 0 spiro atoms. The van der Waals surface area contributed by atoms with Crippen LogP contribution in [0.15, 0.2) is 42.5 Å². The highest BCUT2D eigenvalue weighted by atomic mass is 16.5. The lowest BCUT2D eigenvalue weighted by Gasteiger charge is -2.17. The van der Waals surface area contributed by atoms with Crippen LogP contribution in [-0.2, 0) is 6.61 Å². The Kier molecular flexibility index (Phi) is 4.80. The fourth-order valence-electron chi connectivity index (χ4n) is 2.13. The molecule has 1 unspecified atom stereocenters. The maximum atomic E-state index is 6.03. The van der Waals surface area contributed by atoms with Gasteiger partial charge in [-0.25, -0.2) is 0 Å². The van der Waals surface area contributed by atoms with Gasteiger partial charge in [0.05, 0.1) is 0 Å². The van der Waals surface area contributed by atoms with Crippen molar-refractivity contribution in [1.29, 1.82) is 0 Å². The second-order valence-corrected chi connectivity index (χ2v) is 5.33. The molecule has 0 fully saturated rings. The maximum absolute atomic E-state index is 6.03. The van der Waals surface area contributed by atoms with Crippen LogP contribution in [-0.4, -0.2) is 7.05 Å². The molecule has 0 aliphatic heterocycles. The summed E-state index contributed by atoms with van der Waals surface area (Å²) in [5.74, 6) is 0.965. The first-order valence-corrected chi connectivity index (χ1v) is 7.06. The molecule has 0 aliphatic rings. The average Bonchev–Trinajstić information content (AvgIpc) is 2.46. The van der Waals surface area contributed by atoms with Crippen LogP contribution in [0.5, 0.6) is 5.75 Å². The Morgan fingerprint density at radius 1 is 1.00 bits per heavy atom. The van der Waals surface area contributed by atoms with Crippen LogP contribution in [0.2, 0.25) is 0 Å². The molecule has 0 radical (unpaired) electrons. The molecule has 2 heteroatoms. The molecule has 0 bridgehead atoms. The molecule has 0 saturated heterocycles. The van der Waals surface area contributed by atoms with Crippen molar-refractivity contribution in [2.45, 2.75) is 33.4 Å². The van der Waals surface area contributed by atoms with Crippen molar-refractivity contribution in [3.8, 4) is 5.75 Å². The molecular weight excluding hydrogens is 246 g/mol. The van der Waals surface area contributed by atoms with Gasteiger partial charge in [0.1, 0.15) is 12.4 Å². The minimum atomic E-state index is 0.281. The molecule has 0 heterocycles. The smallest absolute Gasteiger partial charge is 0.124 e. The Bertz CT molecular complexity index is 560. The van der Waals surface area contributed by atoms with Crippen molar-refractivity contribution in [2.24, 2.45) is 0 Å². The number of aryl methyl sites for hydroxylation is 2. The summed E-state index contributed by atoms with van der Waals surface area (Å²) >= 11 is 0. The predicted octanol–water partition coefficient (Wildman–Crippen LogP) is 4.16. The van der Waals surface area contributed by atoms with Crippen LogP contribution in [0.25, 0.3) is 0 Å². The van der Waals surface area contributed by atoms with E-state index in [4.69, 9.17) is 4.74 Å². The molecule has 0 saturated carbocycles. The van der Waals surface area contributed by atoms with Gasteiger partial charge in [-0.15, -0.1) is 0 Å². The SMILES string of the molecule is CNC(C)c1ccc(C)cc1OCc1ccc(C)cc1. The summed E-state index contributed by atoms with van der Waals surface area (Å²) in [6, 6.07) is 15.1. The van der Waals surface area contributed by atoms with Gasteiger partial charge >= 0.3 is 0 Å². The van der Waals surface area contributed by atoms with Gasteiger partial charge in [0.15, 0.2) is 0 Å². The summed E-state index contributed by atoms with van der Waals surface area (Å²) in [4.78, 5) is 0. The minimum Gasteiger partial charge on any atom is -0.489 e. The van der Waals surface area contributed by atoms with Crippen LogP contribution in [0, 0.1) is 13.8 Å². The highest BCUT2D eigenvalue weighted by molar-refractivity contribution is 5.39. The van der Waals surface area contributed by atoms with Crippen LogP contribution >= 0.6 is 0 Å². The van der Waals surface area contributed by atoms with Gasteiger partial charge in [-0.05, 0) is 45.0 Å². The highest BCUT2D eigenvalue weighted by Gasteiger charge is 2.10. The molecule has 0 aliphatic carbocycles. The van der Waals surface area contributed by atoms with Gasteiger partial charge < -0.3 is 10.1 Å². The van der Waals surface area contributed by atoms with Crippen LogP contribution in [0.3, 0.4) is 0 Å². The number of benzene rings is 2. The topological polar surface area (TPSA) is 21.3 Å². The molecule has 1 atom stereocenters. The Morgan fingerprint density at radius 2 is 1.65 bits per heavy atom. The predicted molar refractivity (Wildman–Crippen MR) is 84.2 cm³/mol. The molecule has 2 aromatic carbocycles. The van der Waals surface area contributed by atoms with Crippen LogP contribution < -0.4 is 10.1 Å². The van der Waals surface area contributed by atoms with E-state index in [9.17, 15) is 0 Å². The third-order valence-corrected chi connectivity index (χ3v) is 3.58. The highest BCUT2D eigenvalue weighted by Crippen LogP contribution is 2.27. The lowest BCUT2D eigenvalue weighted by molar-refractivity contribution is 0.300. The summed E-state index contributed by atoms with van der Waals surface area (Å²) in [5.41, 5.74) is 4.88. The molecule has 106 valence electrons. The second kappa shape index (κ2) is 6.58. The molecule has 2 nitrogen and oxygen atoms in total. The van der Waals surface area contributed by atoms with E-state index < -0.39 is 0 Å². The fourth-order valence-corrected chi connectivity index (χ4v) is 2.13. The van der Waals surface area contributed by atoms with Crippen molar-refractivity contribution in [3.05, 3.63) is 64.7 Å². The fraction of sp³-hybridized carbons (Fsp3) is 0.333. The summed E-state index contributed by atoms with van der Waals surface area (Å²) in [7, 11) is 1.97. The lowest BCUT2D eigenvalue weighted by Crippen LogP contribution is -2.13. The molecular formula is C18H23NO. The summed E-state index contributed by atoms with van der Waals surface area (Å²) < 4.78 is 6.03. The number of nitrogens with one attached hydrogen (secondary N) is 1. The molecule has 1 N–H and O–H groups in total. The zero-order chi connectivity index (χ0) is 14.5. The molecule has 2 aromatic rings. The van der Waals surface area contributed by atoms with E-state index in [0.717, 1.165) is 5.75 Å². The van der Waals surface area contributed by atoms with Gasteiger partial charge in [-0.1, -0.05) is 42.0 Å². The Labute approximate surface area is 121 Å². The molecule has 0 amide bonds. The van der Waals surface area contributed by atoms with E-state index in [1.807, 2.05) is 7.05 Å².